The van der Waals surface area contributed by atoms with E-state index in [2.05, 4.69) is 43.5 Å². The second kappa shape index (κ2) is 4.46. The third-order valence-corrected chi connectivity index (χ3v) is 4.99. The van der Waals surface area contributed by atoms with E-state index in [1.165, 1.54) is 5.39 Å². The number of nitrogens with one attached hydrogen (secondary N) is 1. The molecule has 0 aliphatic carbocycles. The van der Waals surface area contributed by atoms with Crippen LogP contribution in [0.5, 0.6) is 0 Å². The molecule has 23 heavy (non-hydrogen) atoms. The molecule has 0 bridgehead atoms. The van der Waals surface area contributed by atoms with E-state index >= 15 is 0 Å². The average Bonchev–Trinajstić information content (AvgIpc) is 3.09. The van der Waals surface area contributed by atoms with Gasteiger partial charge in [0.2, 0.25) is 0 Å². The molecule has 0 amide bonds. The van der Waals surface area contributed by atoms with Crippen LogP contribution in [0.4, 0.5) is 0 Å². The first-order chi connectivity index (χ1) is 11.3. The zero-order valence-electron chi connectivity index (χ0n) is 12.0. The van der Waals surface area contributed by atoms with Crippen molar-refractivity contribution in [2.45, 2.75) is 0 Å². The van der Waals surface area contributed by atoms with Crippen LogP contribution in [0.2, 0.25) is 0 Å². The van der Waals surface area contributed by atoms with Crippen molar-refractivity contribution >= 4 is 60.4 Å². The third-order valence-electron chi connectivity index (χ3n) is 4.50. The van der Waals surface area contributed by atoms with Crippen LogP contribution in [0.3, 0.4) is 0 Å². The molecule has 0 unspecified atom stereocenters. The number of fused-ring (bicyclic) bond motifs is 7. The number of aromatic nitrogens is 2. The standard InChI is InChI=1S/C19H11BrN2O/c20-11-5-6-13-15(10-23)19-18-14(7-8-22(19)17(13)9-11)12-3-1-2-4-16(12)21-18/h1-10,21H. The van der Waals surface area contributed by atoms with Gasteiger partial charge in [-0.05, 0) is 24.3 Å². The molecule has 3 heterocycles. The minimum absolute atomic E-state index is 0.727. The van der Waals surface area contributed by atoms with Gasteiger partial charge in [-0.3, -0.25) is 4.79 Å². The van der Waals surface area contributed by atoms with Gasteiger partial charge in [-0.15, -0.1) is 0 Å². The lowest BCUT2D eigenvalue weighted by atomic mass is 10.1. The van der Waals surface area contributed by atoms with Crippen LogP contribution in [0, 0.1) is 0 Å². The number of rotatable bonds is 1. The Labute approximate surface area is 139 Å². The number of benzene rings is 2. The Morgan fingerprint density at radius 1 is 1.00 bits per heavy atom. The fourth-order valence-electron chi connectivity index (χ4n) is 3.51. The lowest BCUT2D eigenvalue weighted by Crippen LogP contribution is -1.86. The number of carbonyl (C=O) groups is 1. The number of nitrogens with zero attached hydrogens (tertiary/aromatic N) is 1. The predicted octanol–water partition coefficient (Wildman–Crippen LogP) is 5.30. The van der Waals surface area contributed by atoms with Crippen molar-refractivity contribution in [2.75, 3.05) is 0 Å². The van der Waals surface area contributed by atoms with Crippen molar-refractivity contribution in [3.8, 4) is 0 Å². The highest BCUT2D eigenvalue weighted by atomic mass is 79.9. The molecule has 0 saturated carbocycles. The second-order valence-electron chi connectivity index (χ2n) is 5.69. The number of H-pyrrole nitrogens is 1. The van der Waals surface area contributed by atoms with Crippen LogP contribution < -0.4 is 0 Å². The quantitative estimate of drug-likeness (QED) is 0.403. The van der Waals surface area contributed by atoms with E-state index in [0.29, 0.717) is 0 Å². The first kappa shape index (κ1) is 12.9. The van der Waals surface area contributed by atoms with Gasteiger partial charge < -0.3 is 9.38 Å². The van der Waals surface area contributed by atoms with Crippen LogP contribution in [-0.2, 0) is 0 Å². The van der Waals surface area contributed by atoms with Crippen molar-refractivity contribution < 1.29 is 4.79 Å². The molecule has 0 radical (unpaired) electrons. The molecule has 0 aliphatic rings. The minimum Gasteiger partial charge on any atom is -0.353 e. The molecule has 0 atom stereocenters. The fourth-order valence-corrected chi connectivity index (χ4v) is 3.86. The van der Waals surface area contributed by atoms with Gasteiger partial charge in [0.25, 0.3) is 0 Å². The molecule has 3 aromatic heterocycles. The van der Waals surface area contributed by atoms with Crippen LogP contribution in [0.25, 0.3) is 38.2 Å². The zero-order valence-corrected chi connectivity index (χ0v) is 13.6. The highest BCUT2D eigenvalue weighted by Crippen LogP contribution is 2.34. The number of hydrogen-bond donors (Lipinski definition) is 1. The normalized spacial score (nSPS) is 11.9. The third kappa shape index (κ3) is 1.61. The number of hydrogen-bond acceptors (Lipinski definition) is 1. The largest absolute Gasteiger partial charge is 0.353 e. The summed E-state index contributed by atoms with van der Waals surface area (Å²) in [6.45, 7) is 0. The Bertz CT molecular complexity index is 1250. The van der Waals surface area contributed by atoms with Gasteiger partial charge >= 0.3 is 0 Å². The number of aromatic amines is 1. The molecule has 0 fully saturated rings. The minimum atomic E-state index is 0.727. The summed E-state index contributed by atoms with van der Waals surface area (Å²) in [4.78, 5) is 15.3. The summed E-state index contributed by atoms with van der Waals surface area (Å²) in [5, 5.41) is 3.28. The Hall–Kier alpha value is -2.59. The molecular formula is C19H11BrN2O. The lowest BCUT2D eigenvalue weighted by molar-refractivity contribution is 0.112. The summed E-state index contributed by atoms with van der Waals surface area (Å²) in [5.74, 6) is 0. The van der Waals surface area contributed by atoms with E-state index in [4.69, 9.17) is 0 Å². The molecule has 5 rings (SSSR count). The maximum atomic E-state index is 11.8. The summed E-state index contributed by atoms with van der Waals surface area (Å²) in [5.41, 5.74) is 4.77. The SMILES string of the molecule is O=Cc1c2ccc(Br)cc2n2ccc3c4ccccc4[nH]c3c12. The summed E-state index contributed by atoms with van der Waals surface area (Å²) in [7, 11) is 0. The molecule has 2 aromatic carbocycles. The molecule has 1 N–H and O–H groups in total. The maximum Gasteiger partial charge on any atom is 0.152 e. The van der Waals surface area contributed by atoms with Crippen molar-refractivity contribution in [1.82, 2.24) is 9.38 Å². The Balaban J connectivity index is 2.12. The van der Waals surface area contributed by atoms with Gasteiger partial charge in [-0.25, -0.2) is 0 Å². The van der Waals surface area contributed by atoms with Crippen molar-refractivity contribution in [2.24, 2.45) is 0 Å². The molecule has 4 heteroatoms. The molecule has 3 nitrogen and oxygen atoms in total. The molecule has 5 aromatic rings. The predicted molar refractivity (Wildman–Crippen MR) is 97.4 cm³/mol. The smallest absolute Gasteiger partial charge is 0.152 e. The molecular weight excluding hydrogens is 352 g/mol. The van der Waals surface area contributed by atoms with Gasteiger partial charge in [-0.2, -0.15) is 0 Å². The highest BCUT2D eigenvalue weighted by molar-refractivity contribution is 9.10. The van der Waals surface area contributed by atoms with E-state index in [1.807, 2.05) is 36.5 Å². The first-order valence-electron chi connectivity index (χ1n) is 7.36. The molecule has 110 valence electrons. The lowest BCUT2D eigenvalue weighted by Gasteiger charge is -1.99. The van der Waals surface area contributed by atoms with Gasteiger partial charge in [0.1, 0.15) is 0 Å². The van der Waals surface area contributed by atoms with Crippen LogP contribution in [0.15, 0.2) is 59.2 Å². The Kier molecular flexibility index (Phi) is 2.50. The Morgan fingerprint density at radius 2 is 1.87 bits per heavy atom. The summed E-state index contributed by atoms with van der Waals surface area (Å²) < 4.78 is 3.08. The number of aldehydes is 1. The van der Waals surface area contributed by atoms with Gasteiger partial charge in [0.15, 0.2) is 6.29 Å². The monoisotopic (exact) mass is 362 g/mol. The first-order valence-corrected chi connectivity index (χ1v) is 8.15. The molecule has 0 aliphatic heterocycles. The van der Waals surface area contributed by atoms with E-state index in [1.54, 1.807) is 0 Å². The van der Waals surface area contributed by atoms with Crippen LogP contribution in [0.1, 0.15) is 10.4 Å². The average molecular weight is 363 g/mol. The number of pyridine rings is 1. The highest BCUT2D eigenvalue weighted by Gasteiger charge is 2.16. The maximum absolute atomic E-state index is 11.8. The van der Waals surface area contributed by atoms with E-state index < -0.39 is 0 Å². The van der Waals surface area contributed by atoms with Gasteiger partial charge in [0, 0.05) is 37.9 Å². The van der Waals surface area contributed by atoms with Crippen LogP contribution in [-0.4, -0.2) is 15.7 Å². The van der Waals surface area contributed by atoms with E-state index in [0.717, 1.165) is 49.2 Å². The number of carbonyl (C=O) groups excluding carboxylic acids is 1. The Morgan fingerprint density at radius 3 is 2.74 bits per heavy atom. The molecule has 0 saturated heterocycles. The van der Waals surface area contributed by atoms with Crippen molar-refractivity contribution in [3.05, 3.63) is 64.8 Å². The van der Waals surface area contributed by atoms with E-state index in [9.17, 15) is 4.79 Å². The topological polar surface area (TPSA) is 37.3 Å². The second-order valence-corrected chi connectivity index (χ2v) is 6.60. The van der Waals surface area contributed by atoms with Gasteiger partial charge in [0.05, 0.1) is 16.6 Å². The van der Waals surface area contributed by atoms with Crippen LogP contribution >= 0.6 is 15.9 Å². The summed E-state index contributed by atoms with van der Waals surface area (Å²) in [6, 6.07) is 16.3. The van der Waals surface area contributed by atoms with Gasteiger partial charge in [-0.1, -0.05) is 40.2 Å². The number of halogens is 1. The summed E-state index contributed by atoms with van der Waals surface area (Å²) >= 11 is 3.52. The number of para-hydroxylation sites is 1. The van der Waals surface area contributed by atoms with E-state index in [-0.39, 0.29) is 0 Å². The zero-order chi connectivity index (χ0) is 15.6. The van der Waals surface area contributed by atoms with Crippen molar-refractivity contribution in [3.63, 3.8) is 0 Å². The summed E-state index contributed by atoms with van der Waals surface area (Å²) in [6.07, 6.45) is 3.00. The van der Waals surface area contributed by atoms with Crippen molar-refractivity contribution in [1.29, 1.82) is 0 Å². The fraction of sp³-hybridized carbons (Fsp3) is 0. The molecule has 0 spiro atoms.